The van der Waals surface area contributed by atoms with Gasteiger partial charge in [0.05, 0.1) is 0 Å². The molecule has 0 amide bonds. The van der Waals surface area contributed by atoms with Gasteiger partial charge in [-0.3, -0.25) is 9.36 Å². The van der Waals surface area contributed by atoms with Crippen LogP contribution in [0.1, 0.15) is 44.6 Å². The highest BCUT2D eigenvalue weighted by Gasteiger charge is 2.28. The van der Waals surface area contributed by atoms with E-state index in [0.717, 1.165) is 36.6 Å². The maximum atomic E-state index is 11.5. The third kappa shape index (κ3) is 3.63. The molecular weight excluding hydrogens is 254 g/mol. The summed E-state index contributed by atoms with van der Waals surface area (Å²) in [5.74, 6) is 0.133. The van der Waals surface area contributed by atoms with Crippen LogP contribution in [0.2, 0.25) is 0 Å². The van der Waals surface area contributed by atoms with Gasteiger partial charge in [0.1, 0.15) is 0 Å². The largest absolute Gasteiger partial charge is 0.481 e. The maximum Gasteiger partial charge on any atom is 0.344 e. The molecule has 1 aliphatic carbocycles. The second-order valence-electron chi connectivity index (χ2n) is 4.47. The van der Waals surface area contributed by atoms with E-state index in [2.05, 4.69) is 10.2 Å². The molecule has 7 heteroatoms. The Labute approximate surface area is 109 Å². The normalized spacial score (nSPS) is 14.9. The predicted octanol–water partition coefficient (Wildman–Crippen LogP) is 1.64. The van der Waals surface area contributed by atoms with Gasteiger partial charge in [-0.25, -0.2) is 9.89 Å². The molecule has 0 bridgehead atoms. The van der Waals surface area contributed by atoms with Crippen LogP contribution in [0.3, 0.4) is 0 Å². The fourth-order valence-corrected chi connectivity index (χ4v) is 2.78. The van der Waals surface area contributed by atoms with E-state index in [-0.39, 0.29) is 12.1 Å². The Morgan fingerprint density at radius 1 is 1.44 bits per heavy atom. The van der Waals surface area contributed by atoms with E-state index < -0.39 is 5.97 Å². The summed E-state index contributed by atoms with van der Waals surface area (Å²) in [5.41, 5.74) is -0.120. The SMILES string of the molecule is O=C(O)CCCCCSc1n[nH]c(=O)n1C1CC1. The molecule has 0 spiro atoms. The van der Waals surface area contributed by atoms with E-state index >= 15 is 0 Å². The molecule has 0 radical (unpaired) electrons. The summed E-state index contributed by atoms with van der Waals surface area (Å²) in [7, 11) is 0. The predicted molar refractivity (Wildman–Crippen MR) is 67.9 cm³/mol. The number of unbranched alkanes of at least 4 members (excludes halogenated alkanes) is 2. The summed E-state index contributed by atoms with van der Waals surface area (Å²) in [4.78, 5) is 21.8. The minimum Gasteiger partial charge on any atom is -0.481 e. The van der Waals surface area contributed by atoms with Crippen LogP contribution in [0.5, 0.6) is 0 Å². The molecule has 0 saturated heterocycles. The van der Waals surface area contributed by atoms with Crippen molar-refractivity contribution in [3.8, 4) is 0 Å². The van der Waals surface area contributed by atoms with Crippen molar-refractivity contribution in [3.63, 3.8) is 0 Å². The monoisotopic (exact) mass is 271 g/mol. The quantitative estimate of drug-likeness (QED) is 0.554. The second kappa shape index (κ2) is 6.08. The molecule has 1 aromatic heterocycles. The molecule has 1 aliphatic rings. The lowest BCUT2D eigenvalue weighted by Gasteiger charge is -2.02. The minimum absolute atomic E-state index is 0.120. The minimum atomic E-state index is -0.738. The van der Waals surface area contributed by atoms with Gasteiger partial charge in [-0.15, -0.1) is 5.10 Å². The number of hydrogen-bond acceptors (Lipinski definition) is 4. The number of nitrogens with zero attached hydrogens (tertiary/aromatic N) is 2. The summed E-state index contributed by atoms with van der Waals surface area (Å²) >= 11 is 1.57. The van der Waals surface area contributed by atoms with Gasteiger partial charge in [0, 0.05) is 18.2 Å². The molecule has 0 unspecified atom stereocenters. The van der Waals surface area contributed by atoms with Gasteiger partial charge >= 0.3 is 11.7 Å². The molecule has 2 N–H and O–H groups in total. The molecule has 6 nitrogen and oxygen atoms in total. The molecule has 0 aromatic carbocycles. The Kier molecular flexibility index (Phi) is 4.46. The lowest BCUT2D eigenvalue weighted by Crippen LogP contribution is -2.16. The highest BCUT2D eigenvalue weighted by atomic mass is 32.2. The van der Waals surface area contributed by atoms with E-state index in [4.69, 9.17) is 5.11 Å². The zero-order valence-electron chi connectivity index (χ0n) is 10.1. The number of carbonyl (C=O) groups is 1. The number of nitrogens with one attached hydrogen (secondary N) is 1. The second-order valence-corrected chi connectivity index (χ2v) is 5.53. The van der Waals surface area contributed by atoms with Crippen LogP contribution in [0.4, 0.5) is 0 Å². The molecular formula is C11H17N3O3S. The molecule has 1 fully saturated rings. The van der Waals surface area contributed by atoms with Crippen molar-refractivity contribution in [3.05, 3.63) is 10.5 Å². The van der Waals surface area contributed by atoms with Gasteiger partial charge < -0.3 is 5.11 Å². The summed E-state index contributed by atoms with van der Waals surface area (Å²) < 4.78 is 1.74. The molecule has 1 aromatic rings. The zero-order valence-corrected chi connectivity index (χ0v) is 10.9. The number of hydrogen-bond donors (Lipinski definition) is 2. The molecule has 0 atom stereocenters. The lowest BCUT2D eigenvalue weighted by molar-refractivity contribution is -0.137. The average Bonchev–Trinajstić information content (AvgIpc) is 3.08. The summed E-state index contributed by atoms with van der Waals surface area (Å²) in [6, 6.07) is 0.339. The van der Waals surface area contributed by atoms with E-state index in [0.29, 0.717) is 12.5 Å². The van der Waals surface area contributed by atoms with Crippen molar-refractivity contribution in [1.29, 1.82) is 0 Å². The van der Waals surface area contributed by atoms with Gasteiger partial charge in [0.15, 0.2) is 5.16 Å². The third-order valence-corrected chi connectivity index (χ3v) is 3.89. The molecule has 18 heavy (non-hydrogen) atoms. The van der Waals surface area contributed by atoms with Crippen LogP contribution in [-0.2, 0) is 4.79 Å². The number of thioether (sulfide) groups is 1. The van der Waals surface area contributed by atoms with Crippen molar-refractivity contribution >= 4 is 17.7 Å². The molecule has 1 heterocycles. The maximum absolute atomic E-state index is 11.5. The summed E-state index contributed by atoms with van der Waals surface area (Å²) in [6.07, 6.45) is 4.92. The first-order chi connectivity index (χ1) is 8.68. The Bertz CT molecular complexity index is 464. The van der Waals surface area contributed by atoms with E-state index in [1.165, 1.54) is 0 Å². The lowest BCUT2D eigenvalue weighted by atomic mass is 10.2. The smallest absolute Gasteiger partial charge is 0.344 e. The van der Waals surface area contributed by atoms with Crippen LogP contribution >= 0.6 is 11.8 Å². The molecule has 1 saturated carbocycles. The first-order valence-electron chi connectivity index (χ1n) is 6.20. The topological polar surface area (TPSA) is 88.0 Å². The van der Waals surface area contributed by atoms with Crippen LogP contribution in [0.25, 0.3) is 0 Å². The number of H-pyrrole nitrogens is 1. The van der Waals surface area contributed by atoms with Gasteiger partial charge in [0.2, 0.25) is 0 Å². The highest BCUT2D eigenvalue weighted by molar-refractivity contribution is 7.99. The van der Waals surface area contributed by atoms with Crippen LogP contribution < -0.4 is 5.69 Å². The van der Waals surface area contributed by atoms with Gasteiger partial charge in [0.25, 0.3) is 0 Å². The highest BCUT2D eigenvalue weighted by Crippen LogP contribution is 2.36. The van der Waals surface area contributed by atoms with Gasteiger partial charge in [-0.2, -0.15) is 0 Å². The van der Waals surface area contributed by atoms with Crippen molar-refractivity contribution in [2.45, 2.75) is 49.7 Å². The van der Waals surface area contributed by atoms with Gasteiger partial charge in [-0.1, -0.05) is 18.2 Å². The van der Waals surface area contributed by atoms with Crippen molar-refractivity contribution in [2.75, 3.05) is 5.75 Å². The zero-order chi connectivity index (χ0) is 13.0. The molecule has 0 aliphatic heterocycles. The fraction of sp³-hybridized carbons (Fsp3) is 0.727. The Hall–Kier alpha value is -1.24. The Morgan fingerprint density at radius 3 is 2.89 bits per heavy atom. The third-order valence-electron chi connectivity index (χ3n) is 2.85. The van der Waals surface area contributed by atoms with Crippen LogP contribution in [0.15, 0.2) is 9.95 Å². The number of carboxylic acid groups (broad SMARTS) is 1. The van der Waals surface area contributed by atoms with Gasteiger partial charge in [-0.05, 0) is 25.7 Å². The van der Waals surface area contributed by atoms with Crippen LogP contribution in [-0.4, -0.2) is 31.6 Å². The number of aliphatic carboxylic acids is 1. The van der Waals surface area contributed by atoms with Crippen molar-refractivity contribution in [2.24, 2.45) is 0 Å². The first-order valence-corrected chi connectivity index (χ1v) is 7.18. The molecule has 2 rings (SSSR count). The number of aromatic nitrogens is 3. The van der Waals surface area contributed by atoms with Crippen LogP contribution in [0, 0.1) is 0 Å². The number of carboxylic acids is 1. The van der Waals surface area contributed by atoms with E-state index in [1.807, 2.05) is 0 Å². The average molecular weight is 271 g/mol. The van der Waals surface area contributed by atoms with Crippen molar-refractivity contribution in [1.82, 2.24) is 14.8 Å². The van der Waals surface area contributed by atoms with E-state index in [9.17, 15) is 9.59 Å². The Morgan fingerprint density at radius 2 is 2.22 bits per heavy atom. The molecule has 100 valence electrons. The van der Waals surface area contributed by atoms with Crippen molar-refractivity contribution < 1.29 is 9.90 Å². The number of rotatable bonds is 8. The number of aromatic amines is 1. The summed E-state index contributed by atoms with van der Waals surface area (Å²) in [5, 5.41) is 15.8. The van der Waals surface area contributed by atoms with E-state index in [1.54, 1.807) is 16.3 Å². The summed E-state index contributed by atoms with van der Waals surface area (Å²) in [6.45, 7) is 0. The standard InChI is InChI=1S/C11H17N3O3S/c15-9(16)4-2-1-3-7-18-11-13-12-10(17)14(11)8-5-6-8/h8H,1-7H2,(H,12,17)(H,15,16). The fourth-order valence-electron chi connectivity index (χ4n) is 1.77. The first kappa shape index (κ1) is 13.2. The Balaban J connectivity index is 1.70.